The second-order valence-electron chi connectivity index (χ2n) is 13.4. The lowest BCUT2D eigenvalue weighted by Crippen LogP contribution is -2.09. The molecule has 0 N–H and O–H groups in total. The monoisotopic (exact) mass is 679 g/mol. The first-order valence-electron chi connectivity index (χ1n) is 17.7. The van der Waals surface area contributed by atoms with Crippen LogP contribution in [-0.4, -0.2) is 0 Å². The molecular weight excluding hydrogens is 647 g/mol. The van der Waals surface area contributed by atoms with Gasteiger partial charge in [0.2, 0.25) is 0 Å². The van der Waals surface area contributed by atoms with Gasteiger partial charge in [0.05, 0.1) is 0 Å². The van der Waals surface area contributed by atoms with Gasteiger partial charge in [0.1, 0.15) is 0 Å². The number of rotatable bonds is 6. The van der Waals surface area contributed by atoms with Gasteiger partial charge >= 0.3 is 0 Å². The zero-order chi connectivity index (χ0) is 34.4. The first-order valence-corrected chi connectivity index (χ1v) is 18.6. The van der Waals surface area contributed by atoms with E-state index in [0.717, 1.165) is 17.1 Å². The normalized spacial score (nSPS) is 11.5. The standard InChI is InChI=1S/C50H33NS/c1-2-8-34(9-3-1)36-16-24-43(25-17-36)51(44-26-18-37(19-27-44)41-15-14-35-10-4-5-12-40(35)32-41)45-28-20-38(21-29-45)42-23-30-48-47(33-42)50-46-13-7-6-11-39(46)22-31-49(50)52-48/h1-33H. The van der Waals surface area contributed by atoms with Gasteiger partial charge in [-0.2, -0.15) is 0 Å². The molecule has 0 spiro atoms. The Morgan fingerprint density at radius 3 is 1.42 bits per heavy atom. The molecule has 0 unspecified atom stereocenters. The van der Waals surface area contributed by atoms with Crippen LogP contribution in [0.1, 0.15) is 0 Å². The minimum Gasteiger partial charge on any atom is -0.311 e. The van der Waals surface area contributed by atoms with E-state index in [4.69, 9.17) is 0 Å². The van der Waals surface area contributed by atoms with Crippen LogP contribution in [0, 0.1) is 0 Å². The molecule has 0 aliphatic carbocycles. The second kappa shape index (κ2) is 12.7. The average Bonchev–Trinajstić information content (AvgIpc) is 3.61. The van der Waals surface area contributed by atoms with Crippen molar-refractivity contribution in [1.29, 1.82) is 0 Å². The third-order valence-electron chi connectivity index (χ3n) is 10.3. The topological polar surface area (TPSA) is 3.24 Å². The van der Waals surface area contributed by atoms with Crippen LogP contribution in [0.5, 0.6) is 0 Å². The van der Waals surface area contributed by atoms with Crippen LogP contribution in [0.2, 0.25) is 0 Å². The Morgan fingerprint density at radius 2 is 0.750 bits per heavy atom. The zero-order valence-electron chi connectivity index (χ0n) is 28.4. The van der Waals surface area contributed by atoms with E-state index in [0.29, 0.717) is 0 Å². The predicted molar refractivity (Wildman–Crippen MR) is 225 cm³/mol. The summed E-state index contributed by atoms with van der Waals surface area (Å²) in [5.41, 5.74) is 10.6. The van der Waals surface area contributed by atoms with Crippen molar-refractivity contribution in [3.8, 4) is 33.4 Å². The van der Waals surface area contributed by atoms with Gasteiger partial charge in [0.15, 0.2) is 0 Å². The molecule has 1 nitrogen and oxygen atoms in total. The highest BCUT2D eigenvalue weighted by molar-refractivity contribution is 7.26. The highest BCUT2D eigenvalue weighted by atomic mass is 32.1. The highest BCUT2D eigenvalue weighted by Crippen LogP contribution is 2.42. The molecule has 0 fully saturated rings. The minimum atomic E-state index is 1.11. The summed E-state index contributed by atoms with van der Waals surface area (Å²) in [5, 5.41) is 7.79. The SMILES string of the molecule is c1ccc(-c2ccc(N(c3ccc(-c4ccc5ccccc5c4)cc3)c3ccc(-c4ccc5sc6ccc7ccccc7c6c5c4)cc3)cc2)cc1. The largest absolute Gasteiger partial charge is 0.311 e. The lowest BCUT2D eigenvalue weighted by atomic mass is 9.99. The fourth-order valence-corrected chi connectivity index (χ4v) is 8.68. The quantitative estimate of drug-likeness (QED) is 0.169. The van der Waals surface area contributed by atoms with Crippen molar-refractivity contribution in [3.05, 3.63) is 200 Å². The molecule has 2 heteroatoms. The Balaban J connectivity index is 1.03. The van der Waals surface area contributed by atoms with Crippen molar-refractivity contribution in [1.82, 2.24) is 0 Å². The first kappa shape index (κ1) is 30.4. The van der Waals surface area contributed by atoms with Crippen LogP contribution in [-0.2, 0) is 0 Å². The molecule has 10 aromatic rings. The van der Waals surface area contributed by atoms with E-state index in [1.54, 1.807) is 0 Å². The van der Waals surface area contributed by atoms with Gasteiger partial charge in [-0.1, -0.05) is 140 Å². The molecule has 0 bridgehead atoms. The number of hydrogen-bond donors (Lipinski definition) is 0. The summed E-state index contributed by atoms with van der Waals surface area (Å²) in [7, 11) is 0. The average molecular weight is 680 g/mol. The molecule has 1 aromatic heterocycles. The Morgan fingerprint density at radius 1 is 0.288 bits per heavy atom. The van der Waals surface area contributed by atoms with Crippen molar-refractivity contribution in [3.63, 3.8) is 0 Å². The summed E-state index contributed by atoms with van der Waals surface area (Å²) in [5.74, 6) is 0. The minimum absolute atomic E-state index is 1.11. The fourth-order valence-electron chi connectivity index (χ4n) is 7.58. The Labute approximate surface area is 307 Å². The number of fused-ring (bicyclic) bond motifs is 6. The third-order valence-corrected chi connectivity index (χ3v) is 11.4. The Hall–Kier alpha value is -6.48. The zero-order valence-corrected chi connectivity index (χ0v) is 29.2. The maximum atomic E-state index is 2.38. The molecule has 9 aromatic carbocycles. The smallest absolute Gasteiger partial charge is 0.0462 e. The van der Waals surface area contributed by atoms with E-state index >= 15 is 0 Å². The van der Waals surface area contributed by atoms with Crippen molar-refractivity contribution in [2.24, 2.45) is 0 Å². The van der Waals surface area contributed by atoms with Crippen LogP contribution in [0.3, 0.4) is 0 Å². The molecule has 244 valence electrons. The van der Waals surface area contributed by atoms with Crippen LogP contribution in [0.4, 0.5) is 17.1 Å². The molecule has 0 aliphatic heterocycles. The van der Waals surface area contributed by atoms with Gasteiger partial charge in [-0.15, -0.1) is 11.3 Å². The maximum Gasteiger partial charge on any atom is 0.0462 e. The number of nitrogens with zero attached hydrogens (tertiary/aromatic N) is 1. The summed E-state index contributed by atoms with van der Waals surface area (Å²) < 4.78 is 2.66. The first-order chi connectivity index (χ1) is 25.7. The lowest BCUT2D eigenvalue weighted by Gasteiger charge is -2.26. The molecule has 52 heavy (non-hydrogen) atoms. The molecule has 0 amide bonds. The van der Waals surface area contributed by atoms with Gasteiger partial charge in [0.25, 0.3) is 0 Å². The van der Waals surface area contributed by atoms with Crippen molar-refractivity contribution in [2.75, 3.05) is 4.90 Å². The van der Waals surface area contributed by atoms with E-state index in [2.05, 4.69) is 205 Å². The summed E-state index contributed by atoms with van der Waals surface area (Å²) in [6.45, 7) is 0. The molecule has 0 aliphatic rings. The molecule has 0 atom stereocenters. The van der Waals surface area contributed by atoms with Crippen molar-refractivity contribution in [2.45, 2.75) is 0 Å². The van der Waals surface area contributed by atoms with Crippen molar-refractivity contribution >= 4 is 70.1 Å². The molecule has 10 rings (SSSR count). The molecule has 0 radical (unpaired) electrons. The summed E-state index contributed by atoms with van der Waals surface area (Å²) in [6.07, 6.45) is 0. The van der Waals surface area contributed by atoms with Crippen LogP contribution >= 0.6 is 11.3 Å². The van der Waals surface area contributed by atoms with Gasteiger partial charge in [0, 0.05) is 37.2 Å². The predicted octanol–water partition coefficient (Wildman–Crippen LogP) is 14.8. The van der Waals surface area contributed by atoms with Crippen LogP contribution < -0.4 is 4.90 Å². The van der Waals surface area contributed by atoms with E-state index in [9.17, 15) is 0 Å². The fraction of sp³-hybridized carbons (Fsp3) is 0. The molecule has 0 saturated carbocycles. The van der Waals surface area contributed by atoms with E-state index in [1.165, 1.54) is 75.1 Å². The number of benzene rings is 9. The molecule has 1 heterocycles. The third kappa shape index (κ3) is 5.42. The van der Waals surface area contributed by atoms with Gasteiger partial charge in [-0.25, -0.2) is 0 Å². The highest BCUT2D eigenvalue weighted by Gasteiger charge is 2.15. The van der Waals surface area contributed by atoms with Gasteiger partial charge in [-0.3, -0.25) is 0 Å². The number of anilines is 3. The van der Waals surface area contributed by atoms with E-state index in [-0.39, 0.29) is 0 Å². The maximum absolute atomic E-state index is 2.38. The van der Waals surface area contributed by atoms with Gasteiger partial charge in [-0.05, 0) is 116 Å². The summed E-state index contributed by atoms with van der Waals surface area (Å²) in [4.78, 5) is 2.35. The van der Waals surface area contributed by atoms with Crippen molar-refractivity contribution < 1.29 is 0 Å². The number of hydrogen-bond acceptors (Lipinski definition) is 2. The summed E-state index contributed by atoms with van der Waals surface area (Å²) >= 11 is 1.87. The Bertz CT molecular complexity index is 2870. The lowest BCUT2D eigenvalue weighted by molar-refractivity contribution is 1.28. The molecule has 0 saturated heterocycles. The molecular formula is C50H33NS. The van der Waals surface area contributed by atoms with Gasteiger partial charge < -0.3 is 4.90 Å². The van der Waals surface area contributed by atoms with Crippen LogP contribution in [0.15, 0.2) is 200 Å². The summed E-state index contributed by atoms with van der Waals surface area (Å²) in [6, 6.07) is 72.9. The van der Waals surface area contributed by atoms with Crippen LogP contribution in [0.25, 0.3) is 75.1 Å². The van der Waals surface area contributed by atoms with E-state index in [1.807, 2.05) is 11.3 Å². The Kier molecular flexibility index (Phi) is 7.41. The van der Waals surface area contributed by atoms with E-state index < -0.39 is 0 Å². The number of thiophene rings is 1. The second-order valence-corrected chi connectivity index (χ2v) is 14.5.